The fourth-order valence-electron chi connectivity index (χ4n) is 2.46. The third-order valence-corrected chi connectivity index (χ3v) is 3.69. The molecular formula is C16H23N3O2. The molecule has 0 aliphatic carbocycles. The average Bonchev–Trinajstić information content (AvgIpc) is 2.45. The predicted molar refractivity (Wildman–Crippen MR) is 83.5 cm³/mol. The van der Waals surface area contributed by atoms with Gasteiger partial charge in [0.25, 0.3) is 5.91 Å². The van der Waals surface area contributed by atoms with Crippen molar-refractivity contribution in [3.8, 4) is 0 Å². The number of rotatable bonds is 5. The van der Waals surface area contributed by atoms with E-state index in [2.05, 4.69) is 10.2 Å². The second-order valence-corrected chi connectivity index (χ2v) is 5.80. The van der Waals surface area contributed by atoms with Crippen LogP contribution in [-0.4, -0.2) is 55.8 Å². The Balaban J connectivity index is 2.01. The Morgan fingerprint density at radius 2 is 1.95 bits per heavy atom. The number of fused-ring (bicyclic) bond motifs is 1. The Morgan fingerprint density at radius 3 is 2.67 bits per heavy atom. The topological polar surface area (TPSA) is 52.7 Å². The molecule has 0 aromatic heterocycles. The third kappa shape index (κ3) is 4.04. The van der Waals surface area contributed by atoms with Gasteiger partial charge in [0, 0.05) is 31.3 Å². The second kappa shape index (κ2) is 6.72. The zero-order valence-electron chi connectivity index (χ0n) is 13.0. The van der Waals surface area contributed by atoms with Crippen LogP contribution in [0.1, 0.15) is 28.8 Å². The molecule has 1 aromatic carbocycles. The summed E-state index contributed by atoms with van der Waals surface area (Å²) in [6.45, 7) is 1.71. The van der Waals surface area contributed by atoms with E-state index < -0.39 is 0 Å². The van der Waals surface area contributed by atoms with E-state index in [1.54, 1.807) is 11.0 Å². The van der Waals surface area contributed by atoms with Crippen molar-refractivity contribution in [2.45, 2.75) is 19.3 Å². The summed E-state index contributed by atoms with van der Waals surface area (Å²) in [5.41, 5.74) is 2.57. The summed E-state index contributed by atoms with van der Waals surface area (Å²) in [7, 11) is 5.89. The second-order valence-electron chi connectivity index (χ2n) is 5.80. The highest BCUT2D eigenvalue weighted by molar-refractivity contribution is 5.97. The Labute approximate surface area is 125 Å². The number of amides is 2. The van der Waals surface area contributed by atoms with E-state index in [-0.39, 0.29) is 11.8 Å². The minimum Gasteiger partial charge on any atom is -0.342 e. The molecule has 1 aliphatic heterocycles. The highest BCUT2D eigenvalue weighted by Crippen LogP contribution is 2.24. The van der Waals surface area contributed by atoms with Gasteiger partial charge < -0.3 is 15.1 Å². The van der Waals surface area contributed by atoms with E-state index in [1.807, 2.05) is 33.3 Å². The fraction of sp³-hybridized carbons (Fsp3) is 0.500. The van der Waals surface area contributed by atoms with Gasteiger partial charge in [0.1, 0.15) is 0 Å². The Morgan fingerprint density at radius 1 is 1.19 bits per heavy atom. The molecule has 5 nitrogen and oxygen atoms in total. The van der Waals surface area contributed by atoms with Crippen molar-refractivity contribution in [1.29, 1.82) is 0 Å². The lowest BCUT2D eigenvalue weighted by Gasteiger charge is -2.21. The molecule has 21 heavy (non-hydrogen) atoms. The number of carbonyl (C=O) groups is 2. The van der Waals surface area contributed by atoms with E-state index in [0.29, 0.717) is 18.4 Å². The molecule has 0 fully saturated rings. The molecule has 0 radical (unpaired) electrons. The molecule has 0 spiro atoms. The van der Waals surface area contributed by atoms with Crippen molar-refractivity contribution in [2.75, 3.05) is 39.5 Å². The van der Waals surface area contributed by atoms with Gasteiger partial charge in [-0.25, -0.2) is 0 Å². The molecule has 0 unspecified atom stereocenters. The highest BCUT2D eigenvalue weighted by Gasteiger charge is 2.18. The van der Waals surface area contributed by atoms with E-state index in [0.717, 1.165) is 30.8 Å². The lowest BCUT2D eigenvalue weighted by Crippen LogP contribution is -2.30. The molecule has 0 bridgehead atoms. The molecule has 1 aromatic rings. The Hall–Kier alpha value is -1.88. The number of aryl methyl sites for hydroxylation is 1. The van der Waals surface area contributed by atoms with E-state index >= 15 is 0 Å². The third-order valence-electron chi connectivity index (χ3n) is 3.69. The maximum Gasteiger partial charge on any atom is 0.253 e. The molecule has 0 saturated carbocycles. The number of hydrogen-bond acceptors (Lipinski definition) is 3. The summed E-state index contributed by atoms with van der Waals surface area (Å²) in [6, 6.07) is 5.52. The van der Waals surface area contributed by atoms with Crippen LogP contribution in [0, 0.1) is 0 Å². The van der Waals surface area contributed by atoms with Crippen molar-refractivity contribution < 1.29 is 9.59 Å². The van der Waals surface area contributed by atoms with E-state index in [1.165, 1.54) is 0 Å². The van der Waals surface area contributed by atoms with Gasteiger partial charge in [0.05, 0.1) is 0 Å². The molecule has 1 N–H and O–H groups in total. The summed E-state index contributed by atoms with van der Waals surface area (Å²) < 4.78 is 0. The van der Waals surface area contributed by atoms with E-state index in [9.17, 15) is 9.59 Å². The van der Waals surface area contributed by atoms with Crippen molar-refractivity contribution >= 4 is 17.5 Å². The van der Waals surface area contributed by atoms with Gasteiger partial charge in [0.2, 0.25) is 5.91 Å². The van der Waals surface area contributed by atoms with Crippen LogP contribution in [-0.2, 0) is 11.2 Å². The zero-order chi connectivity index (χ0) is 15.4. The first-order valence-electron chi connectivity index (χ1n) is 7.30. The first-order valence-corrected chi connectivity index (χ1v) is 7.30. The quantitative estimate of drug-likeness (QED) is 0.895. The van der Waals surface area contributed by atoms with Gasteiger partial charge in [-0.1, -0.05) is 0 Å². The normalized spacial score (nSPS) is 13.8. The van der Waals surface area contributed by atoms with Crippen LogP contribution >= 0.6 is 0 Å². The van der Waals surface area contributed by atoms with Gasteiger partial charge in [-0.15, -0.1) is 0 Å². The van der Waals surface area contributed by atoms with Crippen LogP contribution in [0.2, 0.25) is 0 Å². The lowest BCUT2D eigenvalue weighted by atomic mass is 10.00. The SMILES string of the molecule is CN(C)CCCN(C)C(=O)c1ccc2c(c1)CCC(=O)N2. The number of hydrogen-bond donors (Lipinski definition) is 1. The zero-order valence-corrected chi connectivity index (χ0v) is 13.0. The maximum absolute atomic E-state index is 12.4. The number of nitrogens with one attached hydrogen (secondary N) is 1. The summed E-state index contributed by atoms with van der Waals surface area (Å²) in [6.07, 6.45) is 2.15. The first-order chi connectivity index (χ1) is 9.97. The predicted octanol–water partition coefficient (Wildman–Crippen LogP) is 1.59. The maximum atomic E-state index is 12.4. The van der Waals surface area contributed by atoms with Crippen LogP contribution in [0.4, 0.5) is 5.69 Å². The lowest BCUT2D eigenvalue weighted by molar-refractivity contribution is -0.116. The van der Waals surface area contributed by atoms with Crippen LogP contribution < -0.4 is 5.32 Å². The summed E-state index contributed by atoms with van der Waals surface area (Å²) in [5, 5.41) is 2.83. The number of carbonyl (C=O) groups excluding carboxylic acids is 2. The summed E-state index contributed by atoms with van der Waals surface area (Å²) in [5.74, 6) is 0.0795. The molecule has 114 valence electrons. The van der Waals surface area contributed by atoms with E-state index in [4.69, 9.17) is 0 Å². The molecule has 0 saturated heterocycles. The van der Waals surface area contributed by atoms with Gasteiger partial charge in [0.15, 0.2) is 0 Å². The first kappa shape index (κ1) is 15.5. The average molecular weight is 289 g/mol. The molecule has 0 atom stereocenters. The van der Waals surface area contributed by atoms with Gasteiger partial charge in [-0.2, -0.15) is 0 Å². The van der Waals surface area contributed by atoms with Crippen LogP contribution in [0.3, 0.4) is 0 Å². The Bertz CT molecular complexity index is 540. The standard InChI is InChI=1S/C16H23N3O2/c1-18(2)9-4-10-19(3)16(21)13-5-7-14-12(11-13)6-8-15(20)17-14/h5,7,11H,4,6,8-10H2,1-3H3,(H,17,20). The van der Waals surface area contributed by atoms with Crippen LogP contribution in [0.25, 0.3) is 0 Å². The smallest absolute Gasteiger partial charge is 0.253 e. The molecule has 1 heterocycles. The van der Waals surface area contributed by atoms with Gasteiger partial charge >= 0.3 is 0 Å². The van der Waals surface area contributed by atoms with Gasteiger partial charge in [-0.3, -0.25) is 9.59 Å². The van der Waals surface area contributed by atoms with Crippen molar-refractivity contribution in [2.24, 2.45) is 0 Å². The Kier molecular flexibility index (Phi) is 4.96. The summed E-state index contributed by atoms with van der Waals surface area (Å²) >= 11 is 0. The highest BCUT2D eigenvalue weighted by atomic mass is 16.2. The molecule has 2 amide bonds. The summed E-state index contributed by atoms with van der Waals surface area (Å²) in [4.78, 5) is 27.6. The van der Waals surface area contributed by atoms with Crippen LogP contribution in [0.5, 0.6) is 0 Å². The molecule has 1 aliphatic rings. The minimum atomic E-state index is 0.0356. The molecule has 2 rings (SSSR count). The molecule has 5 heteroatoms. The fourth-order valence-corrected chi connectivity index (χ4v) is 2.46. The van der Waals surface area contributed by atoms with Gasteiger partial charge in [-0.05, 0) is 57.2 Å². The number of nitrogens with zero attached hydrogens (tertiary/aromatic N) is 2. The van der Waals surface area contributed by atoms with Crippen molar-refractivity contribution in [3.05, 3.63) is 29.3 Å². The largest absolute Gasteiger partial charge is 0.342 e. The number of benzene rings is 1. The molecular weight excluding hydrogens is 266 g/mol. The number of anilines is 1. The van der Waals surface area contributed by atoms with Crippen molar-refractivity contribution in [3.63, 3.8) is 0 Å². The van der Waals surface area contributed by atoms with Crippen LogP contribution in [0.15, 0.2) is 18.2 Å². The minimum absolute atomic E-state index is 0.0356. The van der Waals surface area contributed by atoms with Crippen molar-refractivity contribution in [1.82, 2.24) is 9.80 Å². The monoisotopic (exact) mass is 289 g/mol.